The second kappa shape index (κ2) is 10.0. The lowest BCUT2D eigenvalue weighted by molar-refractivity contribution is -0.134. The van der Waals surface area contributed by atoms with E-state index < -0.39 is 0 Å². The minimum Gasteiger partial charge on any atom is -0.496 e. The summed E-state index contributed by atoms with van der Waals surface area (Å²) in [6.45, 7) is 1.46. The Bertz CT molecular complexity index is 1070. The molecule has 2 fully saturated rings. The third kappa shape index (κ3) is 4.33. The summed E-state index contributed by atoms with van der Waals surface area (Å²) in [7, 11) is 3.31. The minimum atomic E-state index is -0.269. The van der Waals surface area contributed by atoms with Crippen molar-refractivity contribution < 1.29 is 19.1 Å². The van der Waals surface area contributed by atoms with E-state index >= 15 is 0 Å². The maximum absolute atomic E-state index is 13.3. The number of fused-ring (bicyclic) bond motifs is 2. The highest BCUT2D eigenvalue weighted by Gasteiger charge is 2.54. The molecule has 0 radical (unpaired) electrons. The lowest BCUT2D eigenvalue weighted by atomic mass is 9.71. The molecule has 3 aliphatic rings. The molecule has 0 unspecified atom stereocenters. The number of nitrogens with zero attached hydrogens (tertiary/aromatic N) is 1. The van der Waals surface area contributed by atoms with Crippen LogP contribution in [0.5, 0.6) is 5.75 Å². The van der Waals surface area contributed by atoms with Gasteiger partial charge in [-0.2, -0.15) is 0 Å². The van der Waals surface area contributed by atoms with Gasteiger partial charge in [-0.1, -0.05) is 49.2 Å². The molecule has 2 aliphatic carbocycles. The largest absolute Gasteiger partial charge is 0.496 e. The van der Waals surface area contributed by atoms with Gasteiger partial charge in [-0.3, -0.25) is 9.59 Å². The number of hydrogen-bond donors (Lipinski definition) is 1. The molecule has 6 nitrogen and oxygen atoms in total. The Kier molecular flexibility index (Phi) is 6.83. The summed E-state index contributed by atoms with van der Waals surface area (Å²) in [6.07, 6.45) is 7.05. The molecule has 2 aromatic carbocycles. The Morgan fingerprint density at radius 1 is 1.00 bits per heavy atom. The molecule has 1 saturated heterocycles. The zero-order valence-electron chi connectivity index (χ0n) is 20.8. The molecule has 1 N–H and O–H groups in total. The molecular formula is C29H36N2O4. The topological polar surface area (TPSA) is 67.9 Å². The fourth-order valence-corrected chi connectivity index (χ4v) is 6.72. The molecule has 2 amide bonds. The van der Waals surface area contributed by atoms with Crippen molar-refractivity contribution >= 4 is 11.8 Å². The molecule has 2 aromatic rings. The zero-order chi connectivity index (χ0) is 24.4. The van der Waals surface area contributed by atoms with E-state index in [1.54, 1.807) is 26.4 Å². The van der Waals surface area contributed by atoms with Gasteiger partial charge in [-0.25, -0.2) is 0 Å². The summed E-state index contributed by atoms with van der Waals surface area (Å²) in [4.78, 5) is 28.4. The summed E-state index contributed by atoms with van der Waals surface area (Å²) in [5, 5.41) is 3.26. The van der Waals surface area contributed by atoms with E-state index in [1.807, 2.05) is 18.2 Å². The lowest BCUT2D eigenvalue weighted by Crippen LogP contribution is -2.51. The second-order valence-corrected chi connectivity index (χ2v) is 10.3. The fourth-order valence-electron chi connectivity index (χ4n) is 6.72. The van der Waals surface area contributed by atoms with Crippen molar-refractivity contribution in [1.82, 2.24) is 10.2 Å². The predicted molar refractivity (Wildman–Crippen MR) is 135 cm³/mol. The van der Waals surface area contributed by atoms with Crippen LogP contribution >= 0.6 is 0 Å². The van der Waals surface area contributed by atoms with E-state index in [1.165, 1.54) is 31.2 Å². The van der Waals surface area contributed by atoms with Crippen LogP contribution in [0.3, 0.4) is 0 Å². The smallest absolute Gasteiger partial charge is 0.255 e. The number of methoxy groups -OCH3 is 2. The van der Waals surface area contributed by atoms with Gasteiger partial charge < -0.3 is 19.7 Å². The van der Waals surface area contributed by atoms with E-state index in [4.69, 9.17) is 9.47 Å². The van der Waals surface area contributed by atoms with Crippen LogP contribution in [-0.4, -0.2) is 50.1 Å². The highest BCUT2D eigenvalue weighted by molar-refractivity contribution is 5.97. The second-order valence-electron chi connectivity index (χ2n) is 10.3. The third-order valence-corrected chi connectivity index (χ3v) is 8.52. The lowest BCUT2D eigenvalue weighted by Gasteiger charge is -2.44. The summed E-state index contributed by atoms with van der Waals surface area (Å²) < 4.78 is 11.6. The van der Waals surface area contributed by atoms with Crippen LogP contribution in [0.2, 0.25) is 0 Å². The first-order valence-corrected chi connectivity index (χ1v) is 12.9. The van der Waals surface area contributed by atoms with E-state index in [0.717, 1.165) is 31.5 Å². The van der Waals surface area contributed by atoms with Crippen LogP contribution < -0.4 is 10.1 Å². The number of ether oxygens (including phenoxy) is 2. The number of nitrogens with one attached hydrogen (secondary N) is 1. The third-order valence-electron chi connectivity index (χ3n) is 8.52. The first kappa shape index (κ1) is 23.9. The van der Waals surface area contributed by atoms with Crippen LogP contribution in [0.25, 0.3) is 0 Å². The monoisotopic (exact) mass is 476 g/mol. The standard InChI is InChI=1S/C29H36N2O4/c1-34-24-14-8-6-12-22(24)28(33)30-26-21-11-5-7-13-23(21)29(27(26)35-2)15-17-31(18-16-29)25(32)19-20-9-3-4-10-20/h5-8,11-14,20,26-27H,3-4,9-10,15-19H2,1-2H3,(H,30,33)/t26-,27+/m1/s1. The van der Waals surface area contributed by atoms with Crippen LogP contribution in [-0.2, 0) is 14.9 Å². The van der Waals surface area contributed by atoms with Crippen molar-refractivity contribution in [3.05, 3.63) is 65.2 Å². The minimum absolute atomic E-state index is 0.175. The van der Waals surface area contributed by atoms with Crippen molar-refractivity contribution in [2.75, 3.05) is 27.3 Å². The van der Waals surface area contributed by atoms with Crippen molar-refractivity contribution in [2.24, 2.45) is 5.92 Å². The van der Waals surface area contributed by atoms with Crippen LogP contribution in [0.15, 0.2) is 48.5 Å². The van der Waals surface area contributed by atoms with Gasteiger partial charge in [-0.05, 0) is 54.9 Å². The summed E-state index contributed by atoms with van der Waals surface area (Å²) >= 11 is 0. The molecule has 186 valence electrons. The molecule has 1 spiro atoms. The first-order chi connectivity index (χ1) is 17.1. The van der Waals surface area contributed by atoms with Gasteiger partial charge in [0.1, 0.15) is 5.75 Å². The fraction of sp³-hybridized carbons (Fsp3) is 0.517. The molecule has 5 rings (SSSR count). The summed E-state index contributed by atoms with van der Waals surface area (Å²) in [5.74, 6) is 1.24. The number of para-hydroxylation sites is 1. The van der Waals surface area contributed by atoms with E-state index in [2.05, 4.69) is 28.4 Å². The van der Waals surface area contributed by atoms with Gasteiger partial charge in [0.25, 0.3) is 5.91 Å². The Morgan fingerprint density at radius 3 is 2.40 bits per heavy atom. The number of rotatable bonds is 6. The molecule has 1 heterocycles. The number of benzene rings is 2. The molecule has 2 atom stereocenters. The van der Waals surface area contributed by atoms with Crippen LogP contribution in [0.1, 0.15) is 72.5 Å². The van der Waals surface area contributed by atoms with Crippen molar-refractivity contribution in [3.63, 3.8) is 0 Å². The molecule has 35 heavy (non-hydrogen) atoms. The normalized spacial score (nSPS) is 23.3. The molecule has 1 aliphatic heterocycles. The van der Waals surface area contributed by atoms with Gasteiger partial charge in [0.2, 0.25) is 5.91 Å². The Hall–Kier alpha value is -2.86. The number of hydrogen-bond acceptors (Lipinski definition) is 4. The van der Waals surface area contributed by atoms with Gasteiger partial charge in [0, 0.05) is 32.0 Å². The van der Waals surface area contributed by atoms with Crippen molar-refractivity contribution in [1.29, 1.82) is 0 Å². The number of carbonyl (C=O) groups excluding carboxylic acids is 2. The molecule has 0 bridgehead atoms. The quantitative estimate of drug-likeness (QED) is 0.660. The Morgan fingerprint density at radius 2 is 1.69 bits per heavy atom. The van der Waals surface area contributed by atoms with Crippen molar-refractivity contribution in [3.8, 4) is 5.75 Å². The maximum Gasteiger partial charge on any atom is 0.255 e. The van der Waals surface area contributed by atoms with E-state index in [-0.39, 0.29) is 23.5 Å². The Labute approximate surface area is 208 Å². The number of amides is 2. The number of likely N-dealkylation sites (tertiary alicyclic amines) is 1. The predicted octanol–water partition coefficient (Wildman–Crippen LogP) is 4.64. The SMILES string of the molecule is COc1ccccc1C(=O)N[C@@H]1c2ccccc2C2(CCN(C(=O)CC3CCCC3)CC2)[C@H]1OC. The van der Waals surface area contributed by atoms with E-state index in [0.29, 0.717) is 29.6 Å². The average Bonchev–Trinajstić information content (AvgIpc) is 3.49. The van der Waals surface area contributed by atoms with Crippen molar-refractivity contribution in [2.45, 2.75) is 62.5 Å². The van der Waals surface area contributed by atoms with Gasteiger partial charge in [0.15, 0.2) is 0 Å². The first-order valence-electron chi connectivity index (χ1n) is 12.9. The van der Waals surface area contributed by atoms with Gasteiger partial charge >= 0.3 is 0 Å². The van der Waals surface area contributed by atoms with E-state index in [9.17, 15) is 9.59 Å². The number of piperidine rings is 1. The van der Waals surface area contributed by atoms with Gasteiger partial charge in [0.05, 0.1) is 24.8 Å². The zero-order valence-corrected chi connectivity index (χ0v) is 20.8. The highest BCUT2D eigenvalue weighted by atomic mass is 16.5. The summed E-state index contributed by atoms with van der Waals surface area (Å²) in [5.41, 5.74) is 2.62. The molecular weight excluding hydrogens is 440 g/mol. The van der Waals surface area contributed by atoms with Crippen LogP contribution in [0, 0.1) is 5.92 Å². The van der Waals surface area contributed by atoms with Crippen LogP contribution in [0.4, 0.5) is 0 Å². The molecule has 1 saturated carbocycles. The highest BCUT2D eigenvalue weighted by Crippen LogP contribution is 2.52. The Balaban J connectivity index is 1.36. The average molecular weight is 477 g/mol. The van der Waals surface area contributed by atoms with Gasteiger partial charge in [-0.15, -0.1) is 0 Å². The summed E-state index contributed by atoms with van der Waals surface area (Å²) in [6, 6.07) is 15.4. The molecule has 0 aromatic heterocycles. The maximum atomic E-state index is 13.3. The molecule has 6 heteroatoms. The number of carbonyl (C=O) groups is 2.